The Hall–Kier alpha value is -4.57. The van der Waals surface area contributed by atoms with E-state index in [0.29, 0.717) is 0 Å². The summed E-state index contributed by atoms with van der Waals surface area (Å²) < 4.78 is 2.27. The predicted molar refractivity (Wildman–Crippen MR) is 140 cm³/mol. The molecule has 9 rings (SSSR count). The van der Waals surface area contributed by atoms with E-state index < -0.39 is 0 Å². The molecular formula is C31H18N4. The molecule has 0 fully saturated rings. The SMILES string of the molecule is c1ccc2c(c1)Cc1cc3c(cc1-2)-c1cc2c(cc1C3)nc1c3cnccc3c3ncccc3n21. The zero-order chi connectivity index (χ0) is 22.7. The molecule has 162 valence electrons. The minimum Gasteiger partial charge on any atom is -0.290 e. The molecule has 0 N–H and O–H groups in total. The molecule has 4 aromatic heterocycles. The van der Waals surface area contributed by atoms with E-state index in [2.05, 4.69) is 64.0 Å². The summed E-state index contributed by atoms with van der Waals surface area (Å²) in [6.07, 6.45) is 7.60. The van der Waals surface area contributed by atoms with E-state index in [-0.39, 0.29) is 0 Å². The Balaban J connectivity index is 1.37. The first kappa shape index (κ1) is 17.8. The Morgan fingerprint density at radius 1 is 0.629 bits per heavy atom. The van der Waals surface area contributed by atoms with E-state index in [1.807, 2.05) is 30.7 Å². The van der Waals surface area contributed by atoms with Crippen molar-refractivity contribution in [1.82, 2.24) is 19.4 Å². The second kappa shape index (κ2) is 6.10. The fourth-order valence-electron chi connectivity index (χ4n) is 6.39. The van der Waals surface area contributed by atoms with Crippen LogP contribution in [0, 0.1) is 0 Å². The van der Waals surface area contributed by atoms with Crippen molar-refractivity contribution in [3.63, 3.8) is 0 Å². The number of fused-ring (bicyclic) bond motifs is 14. The zero-order valence-electron chi connectivity index (χ0n) is 18.8. The lowest BCUT2D eigenvalue weighted by Crippen LogP contribution is -1.93. The lowest BCUT2D eigenvalue weighted by atomic mass is 9.98. The number of aromatic nitrogens is 4. The van der Waals surface area contributed by atoms with Gasteiger partial charge < -0.3 is 0 Å². The van der Waals surface area contributed by atoms with Crippen molar-refractivity contribution in [2.45, 2.75) is 12.8 Å². The van der Waals surface area contributed by atoms with Crippen LogP contribution < -0.4 is 0 Å². The third-order valence-corrected chi connectivity index (χ3v) is 7.91. The first-order valence-corrected chi connectivity index (χ1v) is 12.0. The Labute approximate surface area is 200 Å². The van der Waals surface area contributed by atoms with Crippen molar-refractivity contribution in [3.05, 3.63) is 108 Å². The van der Waals surface area contributed by atoms with Gasteiger partial charge in [0.2, 0.25) is 0 Å². The molecule has 7 aromatic rings. The van der Waals surface area contributed by atoms with Crippen molar-refractivity contribution in [2.24, 2.45) is 0 Å². The van der Waals surface area contributed by atoms with Gasteiger partial charge in [-0.25, -0.2) is 4.98 Å². The Morgan fingerprint density at radius 2 is 1.46 bits per heavy atom. The summed E-state index contributed by atoms with van der Waals surface area (Å²) in [5.74, 6) is 0. The number of nitrogens with zero attached hydrogens (tertiary/aromatic N) is 4. The molecule has 0 radical (unpaired) electrons. The summed E-state index contributed by atoms with van der Waals surface area (Å²) in [6.45, 7) is 0. The van der Waals surface area contributed by atoms with Gasteiger partial charge in [0.25, 0.3) is 0 Å². The standard InChI is InChI=1S/C31H18N4/c1-2-5-21-17(4-1)10-18-11-19-12-20-13-27-29(15-25(20)24(19)14-23(18)21)35-28-6-3-8-33-30(28)22-7-9-32-16-26(22)31(35)34-27/h1-9,11,13-16H,10,12H2. The average molecular weight is 447 g/mol. The van der Waals surface area contributed by atoms with Crippen molar-refractivity contribution < 1.29 is 0 Å². The first-order chi connectivity index (χ1) is 17.3. The summed E-state index contributed by atoms with van der Waals surface area (Å²) in [5, 5.41) is 2.12. The van der Waals surface area contributed by atoms with E-state index in [1.54, 1.807) is 0 Å². The zero-order valence-corrected chi connectivity index (χ0v) is 18.8. The molecule has 35 heavy (non-hydrogen) atoms. The van der Waals surface area contributed by atoms with Crippen molar-refractivity contribution >= 4 is 38.5 Å². The van der Waals surface area contributed by atoms with Crippen LogP contribution in [0.5, 0.6) is 0 Å². The van der Waals surface area contributed by atoms with Gasteiger partial charge in [0.15, 0.2) is 0 Å². The molecule has 0 saturated carbocycles. The number of hydrogen-bond donors (Lipinski definition) is 0. The maximum atomic E-state index is 5.12. The molecule has 0 saturated heterocycles. The molecule has 3 aromatic carbocycles. The van der Waals surface area contributed by atoms with Crippen LogP contribution in [0.3, 0.4) is 0 Å². The predicted octanol–water partition coefficient (Wildman–Crippen LogP) is 6.73. The molecule has 4 heteroatoms. The highest BCUT2D eigenvalue weighted by atomic mass is 15.0. The summed E-state index contributed by atoms with van der Waals surface area (Å²) in [4.78, 5) is 14.3. The summed E-state index contributed by atoms with van der Waals surface area (Å²) in [6, 6.07) is 24.5. The van der Waals surface area contributed by atoms with Crippen LogP contribution in [0.25, 0.3) is 60.7 Å². The van der Waals surface area contributed by atoms with Gasteiger partial charge >= 0.3 is 0 Å². The monoisotopic (exact) mass is 446 g/mol. The van der Waals surface area contributed by atoms with Crippen LogP contribution in [-0.2, 0) is 12.8 Å². The molecule has 2 aliphatic rings. The number of benzene rings is 3. The molecule has 0 amide bonds. The summed E-state index contributed by atoms with van der Waals surface area (Å²) in [5.41, 5.74) is 16.3. The van der Waals surface area contributed by atoms with Crippen LogP contribution >= 0.6 is 0 Å². The molecule has 4 nitrogen and oxygen atoms in total. The van der Waals surface area contributed by atoms with Gasteiger partial charge in [0.1, 0.15) is 5.65 Å². The van der Waals surface area contributed by atoms with Crippen LogP contribution in [0.4, 0.5) is 0 Å². The van der Waals surface area contributed by atoms with Crippen LogP contribution in [0.2, 0.25) is 0 Å². The van der Waals surface area contributed by atoms with Crippen LogP contribution in [0.15, 0.2) is 85.3 Å². The minimum atomic E-state index is 0.940. The Kier molecular flexibility index (Phi) is 3.11. The highest BCUT2D eigenvalue weighted by Crippen LogP contribution is 2.46. The van der Waals surface area contributed by atoms with Gasteiger partial charge in [-0.3, -0.25) is 14.4 Å². The smallest absolute Gasteiger partial charge is 0.148 e. The molecule has 2 aliphatic carbocycles. The number of imidazole rings is 1. The van der Waals surface area contributed by atoms with E-state index in [4.69, 9.17) is 9.97 Å². The van der Waals surface area contributed by atoms with Gasteiger partial charge in [-0.1, -0.05) is 30.3 Å². The third kappa shape index (κ3) is 2.20. The second-order valence-electron chi connectivity index (χ2n) is 9.74. The van der Waals surface area contributed by atoms with Gasteiger partial charge in [-0.15, -0.1) is 0 Å². The van der Waals surface area contributed by atoms with E-state index in [1.165, 1.54) is 44.5 Å². The summed E-state index contributed by atoms with van der Waals surface area (Å²) >= 11 is 0. The van der Waals surface area contributed by atoms with Gasteiger partial charge in [-0.2, -0.15) is 0 Å². The Bertz CT molecular complexity index is 2070. The Morgan fingerprint density at radius 3 is 2.43 bits per heavy atom. The lowest BCUT2D eigenvalue weighted by Gasteiger charge is -2.09. The quantitative estimate of drug-likeness (QED) is 0.243. The largest absolute Gasteiger partial charge is 0.290 e. The normalized spacial score (nSPS) is 13.5. The van der Waals surface area contributed by atoms with Gasteiger partial charge in [-0.05, 0) is 93.7 Å². The molecule has 0 atom stereocenters. The second-order valence-corrected chi connectivity index (χ2v) is 9.74. The fourth-order valence-corrected chi connectivity index (χ4v) is 6.39. The van der Waals surface area contributed by atoms with Crippen LogP contribution in [-0.4, -0.2) is 19.4 Å². The molecule has 0 spiro atoms. The van der Waals surface area contributed by atoms with Crippen molar-refractivity contribution in [3.8, 4) is 22.3 Å². The molecule has 0 unspecified atom stereocenters. The highest BCUT2D eigenvalue weighted by Gasteiger charge is 2.26. The van der Waals surface area contributed by atoms with E-state index in [0.717, 1.165) is 51.3 Å². The number of rotatable bonds is 0. The highest BCUT2D eigenvalue weighted by molar-refractivity contribution is 6.12. The maximum Gasteiger partial charge on any atom is 0.148 e. The maximum absolute atomic E-state index is 5.12. The van der Waals surface area contributed by atoms with Gasteiger partial charge in [0, 0.05) is 29.4 Å². The number of pyridine rings is 3. The molecule has 0 aliphatic heterocycles. The van der Waals surface area contributed by atoms with E-state index >= 15 is 0 Å². The molecular weight excluding hydrogens is 428 g/mol. The fraction of sp³-hybridized carbons (Fsp3) is 0.0645. The molecule has 4 heterocycles. The molecule has 0 bridgehead atoms. The van der Waals surface area contributed by atoms with Gasteiger partial charge in [0.05, 0.1) is 22.1 Å². The van der Waals surface area contributed by atoms with Crippen molar-refractivity contribution in [2.75, 3.05) is 0 Å². The van der Waals surface area contributed by atoms with Crippen LogP contribution in [0.1, 0.15) is 22.3 Å². The number of hydrogen-bond acceptors (Lipinski definition) is 3. The van der Waals surface area contributed by atoms with Crippen molar-refractivity contribution in [1.29, 1.82) is 0 Å². The topological polar surface area (TPSA) is 43.1 Å². The minimum absolute atomic E-state index is 0.940. The first-order valence-electron chi connectivity index (χ1n) is 12.0. The third-order valence-electron chi connectivity index (χ3n) is 7.91. The lowest BCUT2D eigenvalue weighted by molar-refractivity contribution is 1.21. The average Bonchev–Trinajstić information content (AvgIpc) is 3.56. The summed E-state index contributed by atoms with van der Waals surface area (Å²) in [7, 11) is 0. The van der Waals surface area contributed by atoms with E-state index in [9.17, 15) is 0 Å².